The van der Waals surface area contributed by atoms with Gasteiger partial charge in [-0.3, -0.25) is 0 Å². The van der Waals surface area contributed by atoms with E-state index in [-0.39, 0.29) is 0 Å². The molecule has 1 nitrogen and oxygen atoms in total. The fraction of sp³-hybridized carbons (Fsp3) is 0.455. The van der Waals surface area contributed by atoms with E-state index >= 15 is 0 Å². The van der Waals surface area contributed by atoms with Crippen LogP contribution in [-0.2, 0) is 6.54 Å². The van der Waals surface area contributed by atoms with E-state index < -0.39 is 0 Å². The lowest BCUT2D eigenvalue weighted by Gasteiger charge is -2.05. The molecule has 1 rings (SSSR count). The summed E-state index contributed by atoms with van der Waals surface area (Å²) in [5.74, 6) is 0. The SMILES string of the molecule is CC.CNCc1cc(Cl)c(C)c(Cl)c1. The van der Waals surface area contributed by atoms with Crippen molar-refractivity contribution in [1.29, 1.82) is 0 Å². The van der Waals surface area contributed by atoms with E-state index in [0.717, 1.165) is 27.7 Å². The van der Waals surface area contributed by atoms with Crippen LogP contribution in [0.5, 0.6) is 0 Å². The fourth-order valence-corrected chi connectivity index (χ4v) is 1.54. The minimum absolute atomic E-state index is 0.729. The van der Waals surface area contributed by atoms with E-state index in [0.29, 0.717) is 0 Å². The highest BCUT2D eigenvalue weighted by molar-refractivity contribution is 6.36. The van der Waals surface area contributed by atoms with Gasteiger partial charge in [-0.2, -0.15) is 0 Å². The molecule has 0 aromatic heterocycles. The number of halogens is 2. The predicted octanol–water partition coefficient (Wildman–Crippen LogP) is 4.05. The first-order valence-corrected chi connectivity index (χ1v) is 5.50. The van der Waals surface area contributed by atoms with Crippen molar-refractivity contribution in [3.05, 3.63) is 33.3 Å². The highest BCUT2D eigenvalue weighted by atomic mass is 35.5. The molecule has 0 heterocycles. The lowest BCUT2D eigenvalue weighted by Crippen LogP contribution is -2.05. The lowest BCUT2D eigenvalue weighted by atomic mass is 10.1. The maximum atomic E-state index is 5.94. The van der Waals surface area contributed by atoms with Crippen molar-refractivity contribution < 1.29 is 0 Å². The minimum Gasteiger partial charge on any atom is -0.316 e. The molecule has 1 aromatic carbocycles. The van der Waals surface area contributed by atoms with Crippen molar-refractivity contribution in [1.82, 2.24) is 5.32 Å². The van der Waals surface area contributed by atoms with Gasteiger partial charge >= 0.3 is 0 Å². The maximum Gasteiger partial charge on any atom is 0.0453 e. The zero-order valence-corrected chi connectivity index (χ0v) is 10.6. The summed E-state index contributed by atoms with van der Waals surface area (Å²) in [6, 6.07) is 3.86. The Balaban J connectivity index is 0.000000791. The molecule has 0 aliphatic heterocycles. The number of hydrogen-bond donors (Lipinski definition) is 1. The van der Waals surface area contributed by atoms with Crippen LogP contribution >= 0.6 is 23.2 Å². The molecule has 80 valence electrons. The van der Waals surface area contributed by atoms with Gasteiger partial charge in [0, 0.05) is 16.6 Å². The normalized spacial score (nSPS) is 9.29. The third kappa shape index (κ3) is 3.87. The van der Waals surface area contributed by atoms with Crippen LogP contribution in [0.1, 0.15) is 25.0 Å². The summed E-state index contributed by atoms with van der Waals surface area (Å²) >= 11 is 11.9. The second-order valence-electron chi connectivity index (χ2n) is 2.71. The monoisotopic (exact) mass is 233 g/mol. The summed E-state index contributed by atoms with van der Waals surface area (Å²) in [5.41, 5.74) is 2.05. The van der Waals surface area contributed by atoms with Gasteiger partial charge in [-0.25, -0.2) is 0 Å². The van der Waals surface area contributed by atoms with Crippen molar-refractivity contribution in [2.24, 2.45) is 0 Å². The van der Waals surface area contributed by atoms with Crippen LogP contribution in [-0.4, -0.2) is 7.05 Å². The molecule has 0 spiro atoms. The minimum atomic E-state index is 0.729. The van der Waals surface area contributed by atoms with Crippen molar-refractivity contribution in [2.75, 3.05) is 7.05 Å². The van der Waals surface area contributed by atoms with Gasteiger partial charge in [0.2, 0.25) is 0 Å². The molecule has 3 heteroatoms. The molecule has 0 aliphatic carbocycles. The molecule has 0 unspecified atom stereocenters. The summed E-state index contributed by atoms with van der Waals surface area (Å²) in [7, 11) is 1.89. The first-order chi connectivity index (χ1) is 6.65. The lowest BCUT2D eigenvalue weighted by molar-refractivity contribution is 0.817. The Kier molecular flexibility index (Phi) is 6.98. The van der Waals surface area contributed by atoms with E-state index in [1.54, 1.807) is 0 Å². The molecule has 0 radical (unpaired) electrons. The van der Waals surface area contributed by atoms with Gasteiger partial charge in [-0.05, 0) is 37.2 Å². The predicted molar refractivity (Wildman–Crippen MR) is 65.3 cm³/mol. The summed E-state index contributed by atoms with van der Waals surface area (Å²) < 4.78 is 0. The first-order valence-electron chi connectivity index (χ1n) is 4.74. The zero-order valence-electron chi connectivity index (χ0n) is 9.12. The average Bonchev–Trinajstić information content (AvgIpc) is 2.18. The van der Waals surface area contributed by atoms with Crippen molar-refractivity contribution in [3.8, 4) is 0 Å². The van der Waals surface area contributed by atoms with Gasteiger partial charge in [-0.15, -0.1) is 0 Å². The van der Waals surface area contributed by atoms with Crippen LogP contribution in [0.15, 0.2) is 12.1 Å². The van der Waals surface area contributed by atoms with Gasteiger partial charge in [0.05, 0.1) is 0 Å². The average molecular weight is 234 g/mol. The van der Waals surface area contributed by atoms with Crippen LogP contribution in [0, 0.1) is 6.92 Å². The van der Waals surface area contributed by atoms with E-state index in [4.69, 9.17) is 23.2 Å². The number of benzene rings is 1. The number of nitrogens with one attached hydrogen (secondary N) is 1. The second kappa shape index (κ2) is 7.10. The summed E-state index contributed by atoms with van der Waals surface area (Å²) in [5, 5.41) is 4.50. The highest BCUT2D eigenvalue weighted by Crippen LogP contribution is 2.25. The van der Waals surface area contributed by atoms with Gasteiger partial charge < -0.3 is 5.32 Å². The summed E-state index contributed by atoms with van der Waals surface area (Å²) in [4.78, 5) is 0. The summed E-state index contributed by atoms with van der Waals surface area (Å²) in [6.45, 7) is 6.70. The van der Waals surface area contributed by atoms with Crippen molar-refractivity contribution in [3.63, 3.8) is 0 Å². The molecular formula is C11H17Cl2N. The Bertz CT molecular complexity index is 262. The molecule has 0 atom stereocenters. The second-order valence-corrected chi connectivity index (χ2v) is 3.53. The molecule has 0 bridgehead atoms. The van der Waals surface area contributed by atoms with Gasteiger partial charge in [0.15, 0.2) is 0 Å². The molecule has 1 N–H and O–H groups in total. The Hall–Kier alpha value is -0.240. The Morgan fingerprint density at radius 2 is 1.57 bits per heavy atom. The molecular weight excluding hydrogens is 217 g/mol. The van der Waals surface area contributed by atoms with E-state index in [1.807, 2.05) is 40.0 Å². The van der Waals surface area contributed by atoms with Gasteiger partial charge in [0.25, 0.3) is 0 Å². The van der Waals surface area contributed by atoms with Crippen molar-refractivity contribution in [2.45, 2.75) is 27.3 Å². The molecule has 0 saturated carbocycles. The fourth-order valence-electron chi connectivity index (χ4n) is 1.00. The van der Waals surface area contributed by atoms with E-state index in [9.17, 15) is 0 Å². The number of rotatable bonds is 2. The Morgan fingerprint density at radius 1 is 1.14 bits per heavy atom. The van der Waals surface area contributed by atoms with Crippen LogP contribution in [0.2, 0.25) is 10.0 Å². The van der Waals surface area contributed by atoms with Crippen molar-refractivity contribution >= 4 is 23.2 Å². The molecule has 0 saturated heterocycles. The zero-order chi connectivity index (χ0) is 11.1. The molecule has 0 amide bonds. The molecule has 1 aromatic rings. The topological polar surface area (TPSA) is 12.0 Å². The smallest absolute Gasteiger partial charge is 0.0453 e. The quantitative estimate of drug-likeness (QED) is 0.814. The summed E-state index contributed by atoms with van der Waals surface area (Å²) in [6.07, 6.45) is 0. The van der Waals surface area contributed by atoms with Crippen LogP contribution in [0.25, 0.3) is 0 Å². The van der Waals surface area contributed by atoms with Crippen LogP contribution in [0.3, 0.4) is 0 Å². The Labute approximate surface area is 96.4 Å². The third-order valence-electron chi connectivity index (χ3n) is 1.72. The van der Waals surface area contributed by atoms with Crippen LogP contribution in [0.4, 0.5) is 0 Å². The molecule has 14 heavy (non-hydrogen) atoms. The first kappa shape index (κ1) is 13.8. The Morgan fingerprint density at radius 3 is 1.93 bits per heavy atom. The number of hydrogen-bond acceptors (Lipinski definition) is 1. The van der Waals surface area contributed by atoms with E-state index in [2.05, 4.69) is 5.32 Å². The largest absolute Gasteiger partial charge is 0.316 e. The van der Waals surface area contributed by atoms with Gasteiger partial charge in [-0.1, -0.05) is 37.0 Å². The van der Waals surface area contributed by atoms with Crippen LogP contribution < -0.4 is 5.32 Å². The highest BCUT2D eigenvalue weighted by Gasteiger charge is 2.02. The van der Waals surface area contributed by atoms with Gasteiger partial charge in [0.1, 0.15) is 0 Å². The standard InChI is InChI=1S/C9H11Cl2N.C2H6/c1-6-8(10)3-7(5-12-2)4-9(6)11;1-2/h3-4,12H,5H2,1-2H3;1-2H3. The third-order valence-corrected chi connectivity index (χ3v) is 2.51. The molecule has 0 aliphatic rings. The molecule has 0 fully saturated rings. The van der Waals surface area contributed by atoms with E-state index in [1.165, 1.54) is 0 Å². The maximum absolute atomic E-state index is 5.94.